The van der Waals surface area contributed by atoms with Crippen LogP contribution in [0.3, 0.4) is 0 Å². The summed E-state index contributed by atoms with van der Waals surface area (Å²) in [5, 5.41) is 1.68. The van der Waals surface area contributed by atoms with Crippen LogP contribution < -0.4 is 0 Å². The van der Waals surface area contributed by atoms with E-state index in [9.17, 15) is 4.79 Å². The van der Waals surface area contributed by atoms with Crippen LogP contribution in [0.4, 0.5) is 0 Å². The number of H-pyrrole nitrogens is 1. The Hall–Kier alpha value is -2.01. The molecular formula is C14H14ClN3O2. The van der Waals surface area contributed by atoms with E-state index in [0.717, 1.165) is 16.5 Å². The van der Waals surface area contributed by atoms with Crippen molar-refractivity contribution in [1.29, 1.82) is 0 Å². The van der Waals surface area contributed by atoms with Crippen molar-refractivity contribution < 1.29 is 9.53 Å². The molecule has 0 bridgehead atoms. The third kappa shape index (κ3) is 2.25. The first-order valence-corrected chi connectivity index (χ1v) is 6.64. The van der Waals surface area contributed by atoms with Gasteiger partial charge in [0.25, 0.3) is 11.9 Å². The summed E-state index contributed by atoms with van der Waals surface area (Å²) in [7, 11) is 3.58. The van der Waals surface area contributed by atoms with Crippen molar-refractivity contribution >= 4 is 34.4 Å². The Labute approximate surface area is 121 Å². The number of rotatable bonds is 2. The van der Waals surface area contributed by atoms with E-state index in [1.54, 1.807) is 19.0 Å². The number of nitrogens with zero attached hydrogens (tertiary/aromatic N) is 2. The minimum atomic E-state index is -0.564. The van der Waals surface area contributed by atoms with Gasteiger partial charge in [0, 0.05) is 42.6 Å². The number of hydrogen-bond acceptors (Lipinski definition) is 3. The highest BCUT2D eigenvalue weighted by Gasteiger charge is 2.30. The largest absolute Gasteiger partial charge is 0.451 e. The maximum absolute atomic E-state index is 11.8. The molecule has 1 aromatic carbocycles. The second-order valence-electron chi connectivity index (χ2n) is 4.94. The number of aromatic amines is 1. The van der Waals surface area contributed by atoms with Gasteiger partial charge in [-0.25, -0.2) is 0 Å². The minimum absolute atomic E-state index is 0.245. The maximum atomic E-state index is 11.8. The second-order valence-corrected chi connectivity index (χ2v) is 5.38. The smallest absolute Gasteiger partial charge is 0.295 e. The van der Waals surface area contributed by atoms with Crippen molar-refractivity contribution in [2.45, 2.75) is 12.5 Å². The lowest BCUT2D eigenvalue weighted by Gasteiger charge is -2.13. The van der Waals surface area contributed by atoms with Crippen molar-refractivity contribution in [2.24, 2.45) is 4.99 Å². The predicted molar refractivity (Wildman–Crippen MR) is 78.0 cm³/mol. The van der Waals surface area contributed by atoms with Crippen LogP contribution in [0.25, 0.3) is 10.9 Å². The van der Waals surface area contributed by atoms with Crippen LogP contribution in [0.15, 0.2) is 29.4 Å². The molecule has 0 radical (unpaired) electrons. The van der Waals surface area contributed by atoms with Crippen LogP contribution in [0.1, 0.15) is 5.56 Å². The van der Waals surface area contributed by atoms with Gasteiger partial charge in [-0.2, -0.15) is 4.99 Å². The number of amidine groups is 1. The molecule has 0 saturated heterocycles. The first-order chi connectivity index (χ1) is 9.54. The summed E-state index contributed by atoms with van der Waals surface area (Å²) in [5.41, 5.74) is 1.99. The van der Waals surface area contributed by atoms with Gasteiger partial charge in [-0.15, -0.1) is 0 Å². The SMILES string of the molecule is CN(C)C1=NC(=O)C(Cc2c[nH]c3ccc(Cl)cc23)O1. The summed E-state index contributed by atoms with van der Waals surface area (Å²) in [6.45, 7) is 0. The number of hydrogen-bond donors (Lipinski definition) is 1. The molecule has 1 atom stereocenters. The van der Waals surface area contributed by atoms with Gasteiger partial charge < -0.3 is 14.6 Å². The third-order valence-electron chi connectivity index (χ3n) is 3.25. The van der Waals surface area contributed by atoms with Crippen molar-refractivity contribution in [1.82, 2.24) is 9.88 Å². The molecule has 104 valence electrons. The van der Waals surface area contributed by atoms with Crippen LogP contribution in [0.5, 0.6) is 0 Å². The average molecular weight is 292 g/mol. The molecule has 5 nitrogen and oxygen atoms in total. The first kappa shape index (κ1) is 13.0. The van der Waals surface area contributed by atoms with Gasteiger partial charge in [0.05, 0.1) is 0 Å². The predicted octanol–water partition coefficient (Wildman–Crippen LogP) is 2.21. The van der Waals surface area contributed by atoms with Gasteiger partial charge in [0.15, 0.2) is 6.10 Å². The number of carbonyl (C=O) groups is 1. The lowest BCUT2D eigenvalue weighted by atomic mass is 10.1. The molecule has 1 amide bonds. The lowest BCUT2D eigenvalue weighted by Crippen LogP contribution is -2.26. The number of aromatic nitrogens is 1. The highest BCUT2D eigenvalue weighted by molar-refractivity contribution is 6.31. The highest BCUT2D eigenvalue weighted by atomic mass is 35.5. The molecule has 20 heavy (non-hydrogen) atoms. The highest BCUT2D eigenvalue weighted by Crippen LogP contribution is 2.25. The van der Waals surface area contributed by atoms with Crippen LogP contribution in [0, 0.1) is 0 Å². The Morgan fingerprint density at radius 1 is 1.45 bits per heavy atom. The van der Waals surface area contributed by atoms with Crippen molar-refractivity contribution in [3.05, 3.63) is 35.0 Å². The zero-order chi connectivity index (χ0) is 14.3. The fourth-order valence-electron chi connectivity index (χ4n) is 2.22. The first-order valence-electron chi connectivity index (χ1n) is 6.26. The number of amides is 1. The molecular weight excluding hydrogens is 278 g/mol. The molecule has 6 heteroatoms. The normalized spacial score (nSPS) is 18.2. The summed E-state index contributed by atoms with van der Waals surface area (Å²) >= 11 is 6.02. The van der Waals surface area contributed by atoms with E-state index < -0.39 is 6.10 Å². The summed E-state index contributed by atoms with van der Waals surface area (Å²) in [6, 6.07) is 5.99. The zero-order valence-corrected chi connectivity index (χ0v) is 11.9. The minimum Gasteiger partial charge on any atom is -0.451 e. The second kappa shape index (κ2) is 4.83. The Balaban J connectivity index is 1.84. The van der Waals surface area contributed by atoms with Gasteiger partial charge in [-0.05, 0) is 23.8 Å². The zero-order valence-electron chi connectivity index (χ0n) is 11.2. The summed E-state index contributed by atoms with van der Waals surface area (Å²) in [6.07, 6.45) is 1.79. The molecule has 1 unspecified atom stereocenters. The Bertz CT molecular complexity index is 706. The van der Waals surface area contributed by atoms with Crippen molar-refractivity contribution in [3.8, 4) is 0 Å². The van der Waals surface area contributed by atoms with E-state index >= 15 is 0 Å². The fraction of sp³-hybridized carbons (Fsp3) is 0.286. The van der Waals surface area contributed by atoms with E-state index in [1.165, 1.54) is 0 Å². The standard InChI is InChI=1S/C14H14ClN3O2/c1-18(2)14-17-13(19)12(20-14)5-8-7-16-11-4-3-9(15)6-10(8)11/h3-4,6-7,12,16H,5H2,1-2H3. The molecule has 2 aromatic rings. The number of ether oxygens (including phenoxy) is 1. The topological polar surface area (TPSA) is 57.7 Å². The van der Waals surface area contributed by atoms with E-state index in [0.29, 0.717) is 17.5 Å². The fourth-order valence-corrected chi connectivity index (χ4v) is 2.40. The summed E-state index contributed by atoms with van der Waals surface area (Å²) in [5.74, 6) is -0.245. The number of carbonyl (C=O) groups excluding carboxylic acids is 1. The van der Waals surface area contributed by atoms with Gasteiger partial charge in [0.1, 0.15) is 0 Å². The molecule has 1 aliphatic rings. The van der Waals surface area contributed by atoms with Crippen LogP contribution in [-0.4, -0.2) is 42.0 Å². The van der Waals surface area contributed by atoms with E-state index in [1.807, 2.05) is 24.4 Å². The molecule has 2 heterocycles. The number of fused-ring (bicyclic) bond motifs is 1. The molecule has 0 spiro atoms. The number of aliphatic imine (C=N–C) groups is 1. The van der Waals surface area contributed by atoms with Gasteiger partial charge >= 0.3 is 0 Å². The third-order valence-corrected chi connectivity index (χ3v) is 3.48. The molecule has 1 N–H and O–H groups in total. The Morgan fingerprint density at radius 2 is 2.25 bits per heavy atom. The number of benzene rings is 1. The van der Waals surface area contributed by atoms with Crippen LogP contribution in [0.2, 0.25) is 5.02 Å². The van der Waals surface area contributed by atoms with E-state index in [4.69, 9.17) is 16.3 Å². The quantitative estimate of drug-likeness (QED) is 0.923. The van der Waals surface area contributed by atoms with Crippen LogP contribution >= 0.6 is 11.6 Å². The molecule has 0 fully saturated rings. The van der Waals surface area contributed by atoms with E-state index in [-0.39, 0.29) is 5.91 Å². The van der Waals surface area contributed by atoms with E-state index in [2.05, 4.69) is 9.98 Å². The molecule has 1 aliphatic heterocycles. The van der Waals surface area contributed by atoms with Crippen molar-refractivity contribution in [2.75, 3.05) is 14.1 Å². The van der Waals surface area contributed by atoms with Crippen LogP contribution in [-0.2, 0) is 16.0 Å². The lowest BCUT2D eigenvalue weighted by molar-refractivity contribution is -0.122. The number of halogens is 1. The summed E-state index contributed by atoms with van der Waals surface area (Å²) in [4.78, 5) is 20.6. The molecule has 0 saturated carbocycles. The Kier molecular flexibility index (Phi) is 3.14. The molecule has 0 aliphatic carbocycles. The maximum Gasteiger partial charge on any atom is 0.295 e. The Morgan fingerprint density at radius 3 is 2.95 bits per heavy atom. The number of nitrogens with one attached hydrogen (secondary N) is 1. The molecule has 1 aromatic heterocycles. The van der Waals surface area contributed by atoms with Gasteiger partial charge in [-0.3, -0.25) is 4.79 Å². The summed E-state index contributed by atoms with van der Waals surface area (Å²) < 4.78 is 5.57. The van der Waals surface area contributed by atoms with Gasteiger partial charge in [-0.1, -0.05) is 11.6 Å². The van der Waals surface area contributed by atoms with Crippen molar-refractivity contribution in [3.63, 3.8) is 0 Å². The van der Waals surface area contributed by atoms with Gasteiger partial charge in [0.2, 0.25) is 0 Å². The molecule has 3 rings (SSSR count). The average Bonchev–Trinajstić information content (AvgIpc) is 2.95. The monoisotopic (exact) mass is 291 g/mol.